The summed E-state index contributed by atoms with van der Waals surface area (Å²) in [7, 11) is -0.802. The Morgan fingerprint density at radius 3 is 2.64 bits per heavy atom. The third-order valence-corrected chi connectivity index (χ3v) is 7.85. The molecule has 2 fully saturated rings. The molecular formula is C22H26N3O2P. The Balaban J connectivity index is 1.33. The number of hydrogen-bond acceptors (Lipinski definition) is 5. The van der Waals surface area contributed by atoms with E-state index in [1.54, 1.807) is 0 Å². The second-order valence-corrected chi connectivity index (χ2v) is 9.35. The lowest BCUT2D eigenvalue weighted by molar-refractivity contribution is 0.161. The van der Waals surface area contributed by atoms with Crippen molar-refractivity contribution in [2.24, 2.45) is 4.99 Å². The first kappa shape index (κ1) is 18.1. The molecule has 146 valence electrons. The van der Waals surface area contributed by atoms with Crippen molar-refractivity contribution in [1.29, 1.82) is 0 Å². The SMILES string of the molecule is CC1=N[C@@H](CO[P@]2N(c3ccccc3)C[C@@H]3CCCN32)[C@H](c2ccccc2)O1. The van der Waals surface area contributed by atoms with Crippen molar-refractivity contribution < 1.29 is 9.26 Å². The normalized spacial score (nSPS) is 29.6. The van der Waals surface area contributed by atoms with Crippen molar-refractivity contribution in [1.82, 2.24) is 4.67 Å². The number of para-hydroxylation sites is 1. The molecule has 0 bridgehead atoms. The van der Waals surface area contributed by atoms with E-state index in [1.807, 2.05) is 13.0 Å². The van der Waals surface area contributed by atoms with Gasteiger partial charge < -0.3 is 13.9 Å². The van der Waals surface area contributed by atoms with Crippen LogP contribution >= 0.6 is 8.45 Å². The maximum Gasteiger partial charge on any atom is 0.218 e. The monoisotopic (exact) mass is 395 g/mol. The van der Waals surface area contributed by atoms with E-state index in [1.165, 1.54) is 18.5 Å². The average Bonchev–Trinajstić information content (AvgIpc) is 3.42. The van der Waals surface area contributed by atoms with Gasteiger partial charge in [-0.15, -0.1) is 0 Å². The highest BCUT2D eigenvalue weighted by molar-refractivity contribution is 7.52. The second kappa shape index (κ2) is 7.82. The molecule has 2 aromatic carbocycles. The summed E-state index contributed by atoms with van der Waals surface area (Å²) in [6.45, 7) is 4.70. The summed E-state index contributed by atoms with van der Waals surface area (Å²) in [6, 6.07) is 21.6. The van der Waals surface area contributed by atoms with Gasteiger partial charge in [-0.1, -0.05) is 48.5 Å². The number of benzene rings is 2. The van der Waals surface area contributed by atoms with Gasteiger partial charge in [0.1, 0.15) is 12.1 Å². The van der Waals surface area contributed by atoms with Crippen molar-refractivity contribution in [2.45, 2.75) is 38.0 Å². The molecule has 2 saturated heterocycles. The minimum atomic E-state index is -0.802. The van der Waals surface area contributed by atoms with Gasteiger partial charge in [0.15, 0.2) is 5.90 Å². The smallest absolute Gasteiger partial charge is 0.218 e. The fourth-order valence-corrected chi connectivity index (χ4v) is 6.67. The number of fused-ring (bicyclic) bond motifs is 1. The Morgan fingerprint density at radius 2 is 1.86 bits per heavy atom. The molecule has 4 atom stereocenters. The van der Waals surface area contributed by atoms with Crippen molar-refractivity contribution >= 4 is 20.0 Å². The van der Waals surface area contributed by atoms with Crippen molar-refractivity contribution in [3.05, 3.63) is 66.2 Å². The Bertz CT molecular complexity index is 832. The summed E-state index contributed by atoms with van der Waals surface area (Å²) in [5, 5.41) is 0. The zero-order valence-corrected chi connectivity index (χ0v) is 17.0. The number of nitrogens with zero attached hydrogens (tertiary/aromatic N) is 3. The van der Waals surface area contributed by atoms with Gasteiger partial charge in [-0.3, -0.25) is 0 Å². The van der Waals surface area contributed by atoms with Gasteiger partial charge >= 0.3 is 0 Å². The number of ether oxygens (including phenoxy) is 1. The maximum absolute atomic E-state index is 6.60. The molecule has 5 rings (SSSR count). The third-order valence-electron chi connectivity index (χ3n) is 5.69. The molecule has 28 heavy (non-hydrogen) atoms. The Labute approximate surface area is 167 Å². The zero-order chi connectivity index (χ0) is 18.9. The zero-order valence-electron chi connectivity index (χ0n) is 16.1. The van der Waals surface area contributed by atoms with Gasteiger partial charge in [0.05, 0.1) is 6.61 Å². The molecule has 0 saturated carbocycles. The molecule has 0 amide bonds. The van der Waals surface area contributed by atoms with Crippen molar-refractivity contribution in [3.63, 3.8) is 0 Å². The van der Waals surface area contributed by atoms with Crippen LogP contribution in [0, 0.1) is 0 Å². The molecule has 3 aliphatic rings. The molecule has 2 aromatic rings. The van der Waals surface area contributed by atoms with Crippen LogP contribution < -0.4 is 4.67 Å². The Hall–Kier alpha value is -1.94. The van der Waals surface area contributed by atoms with Crippen LogP contribution in [0.4, 0.5) is 5.69 Å². The van der Waals surface area contributed by atoms with E-state index < -0.39 is 8.45 Å². The number of aliphatic imine (C=N–C) groups is 1. The van der Waals surface area contributed by atoms with E-state index >= 15 is 0 Å². The predicted octanol–water partition coefficient (Wildman–Crippen LogP) is 4.77. The summed E-state index contributed by atoms with van der Waals surface area (Å²) >= 11 is 0. The first-order valence-corrected chi connectivity index (χ1v) is 11.2. The van der Waals surface area contributed by atoms with Crippen LogP contribution in [0.25, 0.3) is 0 Å². The molecule has 6 heteroatoms. The molecule has 5 nitrogen and oxygen atoms in total. The summed E-state index contributed by atoms with van der Waals surface area (Å²) in [4.78, 5) is 4.73. The van der Waals surface area contributed by atoms with Crippen LogP contribution in [0.2, 0.25) is 0 Å². The highest BCUT2D eigenvalue weighted by Crippen LogP contribution is 2.57. The molecule has 0 radical (unpaired) electrons. The lowest BCUT2D eigenvalue weighted by Crippen LogP contribution is -2.23. The van der Waals surface area contributed by atoms with Crippen LogP contribution in [0.15, 0.2) is 65.7 Å². The van der Waals surface area contributed by atoms with E-state index in [0.717, 1.165) is 24.6 Å². The van der Waals surface area contributed by atoms with Crippen molar-refractivity contribution in [3.8, 4) is 0 Å². The number of rotatable bonds is 5. The molecule has 0 aliphatic carbocycles. The fraction of sp³-hybridized carbons (Fsp3) is 0.409. The molecular weight excluding hydrogens is 369 g/mol. The third kappa shape index (κ3) is 3.43. The predicted molar refractivity (Wildman–Crippen MR) is 114 cm³/mol. The van der Waals surface area contributed by atoms with Gasteiger partial charge in [-0.25, -0.2) is 9.66 Å². The van der Waals surface area contributed by atoms with Gasteiger partial charge in [-0.05, 0) is 30.5 Å². The Kier molecular flexibility index (Phi) is 5.06. The van der Waals surface area contributed by atoms with E-state index in [2.05, 4.69) is 63.9 Å². The minimum Gasteiger partial charge on any atom is -0.471 e. The van der Waals surface area contributed by atoms with Gasteiger partial charge in [0, 0.05) is 31.7 Å². The van der Waals surface area contributed by atoms with Crippen LogP contribution in [0.5, 0.6) is 0 Å². The first-order chi connectivity index (χ1) is 13.8. The second-order valence-electron chi connectivity index (χ2n) is 7.59. The topological polar surface area (TPSA) is 37.3 Å². The standard InChI is InChI=1S/C22H26N3O2P/c1-17-23-21(22(27-17)18-9-4-2-5-10-18)16-26-28-24-14-8-13-20(24)15-25(28)19-11-6-3-7-12-19/h2-7,9-12,20-22H,8,13-16H2,1H3/t20-,21-,22-,28-/m0/s1. The molecule has 0 aromatic heterocycles. The molecule has 0 N–H and O–H groups in total. The van der Waals surface area contributed by atoms with E-state index in [-0.39, 0.29) is 12.1 Å². The van der Waals surface area contributed by atoms with Crippen LogP contribution in [0.3, 0.4) is 0 Å². The summed E-state index contributed by atoms with van der Waals surface area (Å²) in [5.74, 6) is 0.751. The number of anilines is 1. The molecule has 3 heterocycles. The van der Waals surface area contributed by atoms with E-state index in [9.17, 15) is 0 Å². The first-order valence-electron chi connectivity index (χ1n) is 10.1. The van der Waals surface area contributed by atoms with Crippen molar-refractivity contribution in [2.75, 3.05) is 24.4 Å². The van der Waals surface area contributed by atoms with E-state index in [0.29, 0.717) is 12.6 Å². The van der Waals surface area contributed by atoms with Gasteiger partial charge in [0.2, 0.25) is 8.45 Å². The lowest BCUT2D eigenvalue weighted by Gasteiger charge is -2.30. The highest BCUT2D eigenvalue weighted by Gasteiger charge is 2.45. The summed E-state index contributed by atoms with van der Waals surface area (Å²) in [6.07, 6.45) is 2.48. The fourth-order valence-electron chi connectivity index (χ4n) is 4.38. The average molecular weight is 395 g/mol. The van der Waals surface area contributed by atoms with Crippen LogP contribution in [-0.4, -0.2) is 42.3 Å². The summed E-state index contributed by atoms with van der Waals surface area (Å²) < 4.78 is 17.7. The quantitative estimate of drug-likeness (QED) is 0.684. The highest BCUT2D eigenvalue weighted by atomic mass is 31.2. The van der Waals surface area contributed by atoms with Crippen LogP contribution in [0.1, 0.15) is 31.4 Å². The van der Waals surface area contributed by atoms with Gasteiger partial charge in [0.25, 0.3) is 0 Å². The van der Waals surface area contributed by atoms with Gasteiger partial charge in [-0.2, -0.15) is 0 Å². The van der Waals surface area contributed by atoms with Crippen LogP contribution in [-0.2, 0) is 9.26 Å². The summed E-state index contributed by atoms with van der Waals surface area (Å²) in [5.41, 5.74) is 2.42. The number of hydrogen-bond donors (Lipinski definition) is 0. The maximum atomic E-state index is 6.60. The minimum absolute atomic E-state index is 0.00387. The Morgan fingerprint density at radius 1 is 1.11 bits per heavy atom. The lowest BCUT2D eigenvalue weighted by atomic mass is 10.0. The molecule has 0 unspecified atom stereocenters. The molecule has 3 aliphatic heterocycles. The molecule has 0 spiro atoms. The van der Waals surface area contributed by atoms with E-state index in [4.69, 9.17) is 14.3 Å². The largest absolute Gasteiger partial charge is 0.471 e.